The standard InChI is InChI=1S/C24H23ClN4O2/c25-20-11-9-18(10-12-20)23(31)28-24-26-15-19-16-29(14-13-21(19)27-24)22(30)8-4-7-17-5-2-1-3-6-17/h1-3,5-6,9-12,16H,4,7-8,13-15H2,(H,26,28,31). The van der Waals surface area contributed by atoms with Gasteiger partial charge in [-0.2, -0.15) is 0 Å². The molecule has 0 aromatic heterocycles. The van der Waals surface area contributed by atoms with Crippen molar-refractivity contribution in [1.82, 2.24) is 10.2 Å². The molecule has 0 radical (unpaired) electrons. The summed E-state index contributed by atoms with van der Waals surface area (Å²) in [6, 6.07) is 16.8. The van der Waals surface area contributed by atoms with Gasteiger partial charge in [-0.15, -0.1) is 0 Å². The molecule has 0 bridgehead atoms. The molecule has 7 heteroatoms. The van der Waals surface area contributed by atoms with Gasteiger partial charge >= 0.3 is 0 Å². The van der Waals surface area contributed by atoms with E-state index in [0.29, 0.717) is 42.5 Å². The molecule has 2 aliphatic rings. The maximum Gasteiger partial charge on any atom is 0.258 e. The fourth-order valence-corrected chi connectivity index (χ4v) is 3.69. The number of aliphatic imine (C=N–C) groups is 2. The summed E-state index contributed by atoms with van der Waals surface area (Å²) >= 11 is 5.86. The molecule has 31 heavy (non-hydrogen) atoms. The second kappa shape index (κ2) is 9.71. The number of carbonyl (C=O) groups is 2. The van der Waals surface area contributed by atoms with Crippen molar-refractivity contribution in [2.45, 2.75) is 25.7 Å². The highest BCUT2D eigenvalue weighted by atomic mass is 35.5. The summed E-state index contributed by atoms with van der Waals surface area (Å²) in [5.41, 5.74) is 3.53. The minimum absolute atomic E-state index is 0.119. The summed E-state index contributed by atoms with van der Waals surface area (Å²) in [5.74, 6) is 0.140. The predicted octanol–water partition coefficient (Wildman–Crippen LogP) is 4.02. The van der Waals surface area contributed by atoms with E-state index < -0.39 is 0 Å². The predicted molar refractivity (Wildman–Crippen MR) is 122 cm³/mol. The van der Waals surface area contributed by atoms with Crippen LogP contribution in [0.4, 0.5) is 0 Å². The first-order valence-electron chi connectivity index (χ1n) is 10.3. The van der Waals surface area contributed by atoms with Crippen LogP contribution >= 0.6 is 11.6 Å². The van der Waals surface area contributed by atoms with Gasteiger partial charge in [-0.3, -0.25) is 14.9 Å². The number of halogens is 1. The van der Waals surface area contributed by atoms with E-state index in [1.165, 1.54) is 5.56 Å². The van der Waals surface area contributed by atoms with Gasteiger partial charge in [-0.05, 0) is 42.7 Å². The third kappa shape index (κ3) is 5.47. The van der Waals surface area contributed by atoms with Crippen LogP contribution in [0.5, 0.6) is 0 Å². The lowest BCUT2D eigenvalue weighted by Crippen LogP contribution is -2.37. The number of benzene rings is 2. The molecule has 0 unspecified atom stereocenters. The van der Waals surface area contributed by atoms with E-state index in [-0.39, 0.29) is 11.8 Å². The summed E-state index contributed by atoms with van der Waals surface area (Å²) in [6.07, 6.45) is 4.73. The zero-order valence-corrected chi connectivity index (χ0v) is 17.8. The summed E-state index contributed by atoms with van der Waals surface area (Å²) in [7, 11) is 0. The molecular formula is C24H23ClN4O2. The van der Waals surface area contributed by atoms with E-state index in [0.717, 1.165) is 24.1 Å². The smallest absolute Gasteiger partial charge is 0.258 e. The summed E-state index contributed by atoms with van der Waals surface area (Å²) in [6.45, 7) is 0.980. The van der Waals surface area contributed by atoms with Gasteiger partial charge in [0.05, 0.1) is 12.3 Å². The zero-order chi connectivity index (χ0) is 21.6. The van der Waals surface area contributed by atoms with Crippen molar-refractivity contribution in [3.05, 3.63) is 82.5 Å². The first-order chi connectivity index (χ1) is 15.1. The van der Waals surface area contributed by atoms with Crippen molar-refractivity contribution in [2.75, 3.05) is 13.1 Å². The Labute approximate surface area is 186 Å². The molecular weight excluding hydrogens is 412 g/mol. The van der Waals surface area contributed by atoms with Crippen LogP contribution in [0.25, 0.3) is 0 Å². The molecule has 0 aliphatic carbocycles. The number of guanidine groups is 1. The Morgan fingerprint density at radius 2 is 1.84 bits per heavy atom. The van der Waals surface area contributed by atoms with Crippen molar-refractivity contribution in [2.24, 2.45) is 9.98 Å². The van der Waals surface area contributed by atoms with Gasteiger partial charge in [0.25, 0.3) is 5.91 Å². The largest absolute Gasteiger partial charge is 0.318 e. The maximum atomic E-state index is 12.6. The molecule has 6 nitrogen and oxygen atoms in total. The third-order valence-corrected chi connectivity index (χ3v) is 5.51. The Morgan fingerprint density at radius 3 is 2.61 bits per heavy atom. The van der Waals surface area contributed by atoms with Gasteiger partial charge in [0.2, 0.25) is 11.9 Å². The van der Waals surface area contributed by atoms with E-state index >= 15 is 0 Å². The minimum Gasteiger partial charge on any atom is -0.318 e. The molecule has 0 saturated carbocycles. The van der Waals surface area contributed by atoms with Gasteiger partial charge in [-0.25, -0.2) is 9.98 Å². The molecule has 2 amide bonds. The maximum absolute atomic E-state index is 12.6. The number of carbonyl (C=O) groups excluding carboxylic acids is 2. The second-order valence-corrected chi connectivity index (χ2v) is 7.93. The first-order valence-corrected chi connectivity index (χ1v) is 10.7. The van der Waals surface area contributed by atoms with Gasteiger partial charge in [0, 0.05) is 41.7 Å². The summed E-state index contributed by atoms with van der Waals surface area (Å²) < 4.78 is 0. The minimum atomic E-state index is -0.279. The van der Waals surface area contributed by atoms with Crippen LogP contribution in [0.1, 0.15) is 35.2 Å². The molecule has 0 spiro atoms. The molecule has 0 saturated heterocycles. The van der Waals surface area contributed by atoms with E-state index in [9.17, 15) is 9.59 Å². The number of nitrogens with one attached hydrogen (secondary N) is 1. The highest BCUT2D eigenvalue weighted by Gasteiger charge is 2.24. The summed E-state index contributed by atoms with van der Waals surface area (Å²) in [4.78, 5) is 35.6. The highest BCUT2D eigenvalue weighted by molar-refractivity contribution is 6.30. The SMILES string of the molecule is O=C(NC1=NCC2=CN(C(=O)CCCc3ccccc3)CCC2=N1)c1ccc(Cl)cc1. The summed E-state index contributed by atoms with van der Waals surface area (Å²) in [5, 5.41) is 3.31. The molecule has 1 N–H and O–H groups in total. The molecule has 0 fully saturated rings. The van der Waals surface area contributed by atoms with Crippen LogP contribution in [-0.2, 0) is 11.2 Å². The van der Waals surface area contributed by atoms with Gasteiger partial charge in [0.15, 0.2) is 0 Å². The fraction of sp³-hybridized carbons (Fsp3) is 0.250. The number of hydrogen-bond donors (Lipinski definition) is 1. The fourth-order valence-electron chi connectivity index (χ4n) is 3.57. The lowest BCUT2D eigenvalue weighted by atomic mass is 10.0. The number of fused-ring (bicyclic) bond motifs is 1. The molecule has 2 aromatic carbocycles. The second-order valence-electron chi connectivity index (χ2n) is 7.49. The molecule has 2 aliphatic heterocycles. The van der Waals surface area contributed by atoms with E-state index in [2.05, 4.69) is 27.4 Å². The molecule has 2 aromatic rings. The molecule has 0 atom stereocenters. The molecule has 158 valence electrons. The Hall–Kier alpha value is -3.25. The Kier molecular flexibility index (Phi) is 6.57. The average molecular weight is 435 g/mol. The number of aryl methyl sites for hydroxylation is 1. The van der Waals surface area contributed by atoms with Crippen LogP contribution in [0, 0.1) is 0 Å². The number of nitrogens with zero attached hydrogens (tertiary/aromatic N) is 3. The lowest BCUT2D eigenvalue weighted by Gasteiger charge is -2.27. The monoisotopic (exact) mass is 434 g/mol. The average Bonchev–Trinajstić information content (AvgIpc) is 2.79. The van der Waals surface area contributed by atoms with Crippen molar-refractivity contribution in [3.63, 3.8) is 0 Å². The van der Waals surface area contributed by atoms with Crippen molar-refractivity contribution in [3.8, 4) is 0 Å². The van der Waals surface area contributed by atoms with Crippen molar-refractivity contribution >= 4 is 35.1 Å². The lowest BCUT2D eigenvalue weighted by molar-refractivity contribution is -0.128. The normalized spacial score (nSPS) is 15.4. The van der Waals surface area contributed by atoms with Crippen LogP contribution in [0.15, 0.2) is 76.4 Å². The van der Waals surface area contributed by atoms with Crippen LogP contribution in [-0.4, -0.2) is 41.5 Å². The molecule has 2 heterocycles. The topological polar surface area (TPSA) is 74.1 Å². The van der Waals surface area contributed by atoms with E-state index in [1.54, 1.807) is 29.2 Å². The van der Waals surface area contributed by atoms with Crippen LogP contribution < -0.4 is 5.32 Å². The number of rotatable bonds is 5. The first kappa shape index (κ1) is 21.0. The molecule has 4 rings (SSSR count). The number of amides is 2. The Bertz CT molecular complexity index is 1060. The third-order valence-electron chi connectivity index (χ3n) is 5.26. The quantitative estimate of drug-likeness (QED) is 0.771. The Morgan fingerprint density at radius 1 is 1.06 bits per heavy atom. The highest BCUT2D eigenvalue weighted by Crippen LogP contribution is 2.18. The number of hydrogen-bond acceptors (Lipinski definition) is 4. The zero-order valence-electron chi connectivity index (χ0n) is 17.1. The van der Waals surface area contributed by atoms with E-state index in [1.807, 2.05) is 24.4 Å². The van der Waals surface area contributed by atoms with Crippen molar-refractivity contribution in [1.29, 1.82) is 0 Å². The Balaban J connectivity index is 1.31. The van der Waals surface area contributed by atoms with Crippen LogP contribution in [0.2, 0.25) is 5.02 Å². The van der Waals surface area contributed by atoms with Gasteiger partial charge in [-0.1, -0.05) is 41.9 Å². The van der Waals surface area contributed by atoms with E-state index in [4.69, 9.17) is 11.6 Å². The van der Waals surface area contributed by atoms with Crippen molar-refractivity contribution < 1.29 is 9.59 Å². The van der Waals surface area contributed by atoms with Crippen LogP contribution in [0.3, 0.4) is 0 Å². The van der Waals surface area contributed by atoms with Gasteiger partial charge in [0.1, 0.15) is 0 Å². The van der Waals surface area contributed by atoms with Gasteiger partial charge < -0.3 is 4.90 Å².